The molecule has 10 rings (SSSR count). The Bertz CT molecular complexity index is 2540. The number of aromatic nitrogens is 1. The van der Waals surface area contributed by atoms with E-state index in [-0.39, 0.29) is 5.56 Å². The highest BCUT2D eigenvalue weighted by Crippen LogP contribution is 2.61. The average Bonchev–Trinajstić information content (AvgIpc) is 3.38. The molecule has 0 radical (unpaired) electrons. The molecule has 2 aliphatic rings. The van der Waals surface area contributed by atoms with Gasteiger partial charge in [0.2, 0.25) is 0 Å². The van der Waals surface area contributed by atoms with Crippen LogP contribution in [0.25, 0.3) is 60.4 Å². The van der Waals surface area contributed by atoms with Gasteiger partial charge in [0.25, 0.3) is 5.56 Å². The largest absolute Gasteiger partial charge is 0.276 e. The zero-order valence-corrected chi connectivity index (χ0v) is 23.8. The van der Waals surface area contributed by atoms with Gasteiger partial charge in [0, 0.05) is 16.2 Å². The highest BCUT2D eigenvalue weighted by atomic mass is 16.1. The van der Waals surface area contributed by atoms with E-state index in [1.165, 1.54) is 49.9 Å². The molecule has 2 nitrogen and oxygen atoms in total. The van der Waals surface area contributed by atoms with Crippen LogP contribution in [0.1, 0.15) is 22.3 Å². The van der Waals surface area contributed by atoms with E-state index in [0.717, 1.165) is 32.7 Å². The number of hydrogen-bond donors (Lipinski definition) is 0. The summed E-state index contributed by atoms with van der Waals surface area (Å²) in [6.45, 7) is 0. The first-order chi connectivity index (χ1) is 21.8. The molecule has 2 aliphatic carbocycles. The molecule has 0 amide bonds. The first kappa shape index (κ1) is 23.8. The fourth-order valence-corrected chi connectivity index (χ4v) is 8.40. The zero-order chi connectivity index (χ0) is 29.0. The second-order valence-electron chi connectivity index (χ2n) is 12.0. The van der Waals surface area contributed by atoms with Crippen molar-refractivity contribution in [2.75, 3.05) is 0 Å². The average molecular weight is 560 g/mol. The van der Waals surface area contributed by atoms with Crippen LogP contribution in [0.5, 0.6) is 0 Å². The molecule has 1 heterocycles. The predicted molar refractivity (Wildman–Crippen MR) is 181 cm³/mol. The van der Waals surface area contributed by atoms with Crippen LogP contribution in [0.4, 0.5) is 0 Å². The molecule has 44 heavy (non-hydrogen) atoms. The summed E-state index contributed by atoms with van der Waals surface area (Å²) in [5.41, 5.74) is 11.6. The zero-order valence-electron chi connectivity index (χ0n) is 23.8. The van der Waals surface area contributed by atoms with Crippen molar-refractivity contribution < 1.29 is 0 Å². The fourth-order valence-electron chi connectivity index (χ4n) is 8.40. The SMILES string of the molecule is O=c1c2ccccc2c2ccccc2n1-c1ccc2c3c(cccc13)C1(c3ccccc3-c3ccccc31)c1ccccc1-2. The molecule has 0 saturated heterocycles. The van der Waals surface area contributed by atoms with Crippen LogP contribution >= 0.6 is 0 Å². The molecule has 2 heteroatoms. The Morgan fingerprint density at radius 1 is 0.386 bits per heavy atom. The van der Waals surface area contributed by atoms with Gasteiger partial charge in [-0.05, 0) is 73.5 Å². The van der Waals surface area contributed by atoms with Gasteiger partial charge < -0.3 is 0 Å². The first-order valence-corrected chi connectivity index (χ1v) is 15.2. The van der Waals surface area contributed by atoms with Crippen molar-refractivity contribution >= 4 is 32.4 Å². The lowest BCUT2D eigenvalue weighted by atomic mass is 9.61. The van der Waals surface area contributed by atoms with Gasteiger partial charge in [0.05, 0.1) is 16.6 Å². The molecule has 1 spiro atoms. The van der Waals surface area contributed by atoms with Crippen molar-refractivity contribution in [3.05, 3.63) is 184 Å². The third kappa shape index (κ3) is 2.74. The molecule has 8 aromatic rings. The summed E-state index contributed by atoms with van der Waals surface area (Å²) in [5.74, 6) is 0. The normalized spacial score (nSPS) is 13.7. The molecular formula is C42H25NO. The number of hydrogen-bond acceptors (Lipinski definition) is 1. The van der Waals surface area contributed by atoms with Gasteiger partial charge in [0.15, 0.2) is 0 Å². The molecule has 0 aliphatic heterocycles. The maximum atomic E-state index is 14.4. The molecule has 0 saturated carbocycles. The van der Waals surface area contributed by atoms with E-state index < -0.39 is 5.41 Å². The summed E-state index contributed by atoms with van der Waals surface area (Å²) in [5, 5.41) is 5.08. The number of pyridine rings is 1. The summed E-state index contributed by atoms with van der Waals surface area (Å²) in [6.07, 6.45) is 0. The minimum atomic E-state index is -0.467. The molecule has 7 aromatic carbocycles. The van der Waals surface area contributed by atoms with Gasteiger partial charge in [0.1, 0.15) is 0 Å². The van der Waals surface area contributed by atoms with Crippen molar-refractivity contribution in [2.24, 2.45) is 0 Å². The lowest BCUT2D eigenvalue weighted by Gasteiger charge is -2.40. The lowest BCUT2D eigenvalue weighted by molar-refractivity contribution is 0.773. The monoisotopic (exact) mass is 559 g/mol. The van der Waals surface area contributed by atoms with E-state index in [9.17, 15) is 4.79 Å². The van der Waals surface area contributed by atoms with Crippen LogP contribution in [0.2, 0.25) is 0 Å². The third-order valence-corrected chi connectivity index (χ3v) is 10.0. The van der Waals surface area contributed by atoms with Gasteiger partial charge >= 0.3 is 0 Å². The number of rotatable bonds is 1. The minimum absolute atomic E-state index is 0.00230. The van der Waals surface area contributed by atoms with Gasteiger partial charge in [-0.25, -0.2) is 0 Å². The van der Waals surface area contributed by atoms with Crippen LogP contribution in [0.15, 0.2) is 156 Å². The van der Waals surface area contributed by atoms with Crippen molar-refractivity contribution in [2.45, 2.75) is 5.41 Å². The predicted octanol–water partition coefficient (Wildman–Crippen LogP) is 9.64. The summed E-state index contributed by atoms with van der Waals surface area (Å²) in [7, 11) is 0. The first-order valence-electron chi connectivity index (χ1n) is 15.2. The van der Waals surface area contributed by atoms with Crippen LogP contribution in [-0.2, 0) is 5.41 Å². The summed E-state index contributed by atoms with van der Waals surface area (Å²) < 4.78 is 1.93. The van der Waals surface area contributed by atoms with Crippen LogP contribution in [0, 0.1) is 0 Å². The third-order valence-electron chi connectivity index (χ3n) is 10.0. The Balaban J connectivity index is 1.41. The summed E-state index contributed by atoms with van der Waals surface area (Å²) in [6, 6.07) is 54.0. The molecule has 0 unspecified atom stereocenters. The van der Waals surface area contributed by atoms with Crippen molar-refractivity contribution in [1.82, 2.24) is 4.57 Å². The Hall–Kier alpha value is -5.73. The maximum absolute atomic E-state index is 14.4. The van der Waals surface area contributed by atoms with Crippen molar-refractivity contribution in [3.8, 4) is 27.9 Å². The van der Waals surface area contributed by atoms with Gasteiger partial charge in [-0.15, -0.1) is 0 Å². The number of benzene rings is 7. The van der Waals surface area contributed by atoms with E-state index in [4.69, 9.17) is 0 Å². The Kier molecular flexibility index (Phi) is 4.56. The van der Waals surface area contributed by atoms with E-state index in [1.54, 1.807) is 0 Å². The van der Waals surface area contributed by atoms with Crippen molar-refractivity contribution in [3.63, 3.8) is 0 Å². The smallest absolute Gasteiger partial charge is 0.263 e. The number of para-hydroxylation sites is 1. The quantitative estimate of drug-likeness (QED) is 0.184. The second-order valence-corrected chi connectivity index (χ2v) is 12.0. The standard InChI is InChI=1S/C42H25NO/c44-41-32-17-2-1-12-26(32)30-16-6-10-23-38(30)43(41)39-25-24-31-29-15-5-9-21-36(29)42(37-22-11-18-33(39)40(31)37)34-19-7-3-13-27(34)28-14-4-8-20-35(28)42/h1-25H. The molecule has 0 fully saturated rings. The fraction of sp³-hybridized carbons (Fsp3) is 0.0238. The molecule has 204 valence electrons. The molecule has 0 bridgehead atoms. The Morgan fingerprint density at radius 3 is 1.57 bits per heavy atom. The van der Waals surface area contributed by atoms with E-state index in [1.807, 2.05) is 28.8 Å². The molecule has 0 N–H and O–H groups in total. The second kappa shape index (κ2) is 8.43. The lowest BCUT2D eigenvalue weighted by Crippen LogP contribution is -2.32. The highest BCUT2D eigenvalue weighted by molar-refractivity contribution is 6.11. The summed E-state index contributed by atoms with van der Waals surface area (Å²) >= 11 is 0. The Morgan fingerprint density at radius 2 is 0.886 bits per heavy atom. The Labute approximate surface area is 254 Å². The minimum Gasteiger partial charge on any atom is -0.276 e. The van der Waals surface area contributed by atoms with Gasteiger partial charge in [-0.2, -0.15) is 0 Å². The van der Waals surface area contributed by atoms with E-state index in [0.29, 0.717) is 0 Å². The maximum Gasteiger partial charge on any atom is 0.263 e. The molecular weight excluding hydrogens is 534 g/mol. The van der Waals surface area contributed by atoms with Crippen LogP contribution < -0.4 is 5.56 Å². The van der Waals surface area contributed by atoms with E-state index in [2.05, 4.69) is 127 Å². The van der Waals surface area contributed by atoms with Crippen molar-refractivity contribution in [1.29, 1.82) is 0 Å². The topological polar surface area (TPSA) is 22.0 Å². The number of nitrogens with zero attached hydrogens (tertiary/aromatic N) is 1. The van der Waals surface area contributed by atoms with Crippen LogP contribution in [-0.4, -0.2) is 4.57 Å². The molecule has 1 aromatic heterocycles. The van der Waals surface area contributed by atoms with Gasteiger partial charge in [-0.1, -0.05) is 133 Å². The van der Waals surface area contributed by atoms with E-state index >= 15 is 0 Å². The number of fused-ring (bicyclic) bond motifs is 12. The van der Waals surface area contributed by atoms with Gasteiger partial charge in [-0.3, -0.25) is 9.36 Å². The molecule has 0 atom stereocenters. The summed E-state index contributed by atoms with van der Waals surface area (Å²) in [4.78, 5) is 14.4. The highest BCUT2D eigenvalue weighted by Gasteiger charge is 2.49. The van der Waals surface area contributed by atoms with Crippen LogP contribution in [0.3, 0.4) is 0 Å².